The van der Waals surface area contributed by atoms with Gasteiger partial charge in [-0.1, -0.05) is 48.0 Å². The molecule has 1 aromatic heterocycles. The largest absolute Gasteiger partial charge is 0.346 e. The summed E-state index contributed by atoms with van der Waals surface area (Å²) in [5.41, 5.74) is 2.83. The van der Waals surface area contributed by atoms with Crippen molar-refractivity contribution in [1.29, 1.82) is 0 Å². The molecule has 1 fully saturated rings. The second-order valence-electron chi connectivity index (χ2n) is 8.27. The average Bonchev–Trinajstić information content (AvgIpc) is 2.87. The topological polar surface area (TPSA) is 77.6 Å². The Bertz CT molecular complexity index is 1070. The standard InChI is InChI=1S/C26H28ClN5O2/c27-22-8-10-23(11-9-22)30-26(34)25(33)29-18-24(21-7-4-12-28-17-21)32-15-13-31(14-16-32)19-20-5-2-1-3-6-20/h1-12,17,24H,13-16,18-19H2,(H,29,33)(H,30,34)/t24-/m1/s1. The van der Waals surface area contributed by atoms with E-state index in [9.17, 15) is 9.59 Å². The molecule has 0 saturated carbocycles. The van der Waals surface area contributed by atoms with Crippen molar-refractivity contribution in [3.05, 3.63) is 95.3 Å². The maximum absolute atomic E-state index is 12.5. The predicted molar refractivity (Wildman–Crippen MR) is 133 cm³/mol. The molecule has 7 nitrogen and oxygen atoms in total. The lowest BCUT2D eigenvalue weighted by atomic mass is 10.1. The Labute approximate surface area is 204 Å². The molecule has 2 aromatic carbocycles. The molecule has 0 unspecified atom stereocenters. The van der Waals surface area contributed by atoms with E-state index in [1.165, 1.54) is 5.56 Å². The van der Waals surface area contributed by atoms with Crippen LogP contribution < -0.4 is 10.6 Å². The first-order valence-corrected chi connectivity index (χ1v) is 11.7. The third-order valence-electron chi connectivity index (χ3n) is 5.93. The lowest BCUT2D eigenvalue weighted by Crippen LogP contribution is -2.50. The molecule has 0 bridgehead atoms. The monoisotopic (exact) mass is 477 g/mol. The molecule has 1 aliphatic heterocycles. The quantitative estimate of drug-likeness (QED) is 0.510. The van der Waals surface area contributed by atoms with E-state index in [1.807, 2.05) is 24.4 Å². The van der Waals surface area contributed by atoms with E-state index in [1.54, 1.807) is 30.5 Å². The molecule has 176 valence electrons. The van der Waals surface area contributed by atoms with Gasteiger partial charge in [0.1, 0.15) is 0 Å². The van der Waals surface area contributed by atoms with Crippen molar-refractivity contribution >= 4 is 29.1 Å². The normalized spacial score (nSPS) is 15.4. The van der Waals surface area contributed by atoms with Crippen LogP contribution in [0.2, 0.25) is 5.02 Å². The molecule has 2 heterocycles. The van der Waals surface area contributed by atoms with Crippen molar-refractivity contribution in [3.8, 4) is 0 Å². The van der Waals surface area contributed by atoms with Gasteiger partial charge in [0.25, 0.3) is 0 Å². The van der Waals surface area contributed by atoms with Crippen LogP contribution >= 0.6 is 11.6 Å². The highest BCUT2D eigenvalue weighted by Crippen LogP contribution is 2.22. The number of hydrogen-bond acceptors (Lipinski definition) is 5. The zero-order valence-corrected chi connectivity index (χ0v) is 19.6. The van der Waals surface area contributed by atoms with E-state index >= 15 is 0 Å². The minimum absolute atomic E-state index is 0.0696. The van der Waals surface area contributed by atoms with Crippen molar-refractivity contribution in [2.45, 2.75) is 12.6 Å². The number of rotatable bonds is 7. The van der Waals surface area contributed by atoms with Gasteiger partial charge in [0.15, 0.2) is 0 Å². The first-order valence-electron chi connectivity index (χ1n) is 11.3. The summed E-state index contributed by atoms with van der Waals surface area (Å²) in [7, 11) is 0. The highest BCUT2D eigenvalue weighted by Gasteiger charge is 2.26. The molecule has 1 atom stereocenters. The van der Waals surface area contributed by atoms with Crippen LogP contribution in [0.3, 0.4) is 0 Å². The summed E-state index contributed by atoms with van der Waals surface area (Å²) in [5, 5.41) is 5.96. The van der Waals surface area contributed by atoms with E-state index in [-0.39, 0.29) is 6.04 Å². The lowest BCUT2D eigenvalue weighted by molar-refractivity contribution is -0.136. The third-order valence-corrected chi connectivity index (χ3v) is 6.18. The summed E-state index contributed by atoms with van der Waals surface area (Å²) in [6.07, 6.45) is 3.55. The number of aromatic nitrogens is 1. The van der Waals surface area contributed by atoms with E-state index in [4.69, 9.17) is 11.6 Å². The number of piperazine rings is 1. The maximum Gasteiger partial charge on any atom is 0.313 e. The van der Waals surface area contributed by atoms with Crippen molar-refractivity contribution in [2.24, 2.45) is 0 Å². The van der Waals surface area contributed by atoms with Crippen LogP contribution in [-0.4, -0.2) is 59.3 Å². The Kier molecular flexibility index (Phi) is 8.25. The molecule has 1 aliphatic rings. The van der Waals surface area contributed by atoms with Gasteiger partial charge in [-0.3, -0.25) is 24.4 Å². The van der Waals surface area contributed by atoms with Gasteiger partial charge in [-0.25, -0.2) is 0 Å². The van der Waals surface area contributed by atoms with Crippen LogP contribution in [0.5, 0.6) is 0 Å². The average molecular weight is 478 g/mol. The van der Waals surface area contributed by atoms with Gasteiger partial charge in [0, 0.05) is 62.4 Å². The zero-order chi connectivity index (χ0) is 23.8. The van der Waals surface area contributed by atoms with Gasteiger partial charge in [-0.15, -0.1) is 0 Å². The second kappa shape index (κ2) is 11.7. The Morgan fingerprint density at radius 3 is 2.32 bits per heavy atom. The molecule has 3 aromatic rings. The number of carbonyl (C=O) groups is 2. The number of hydrogen-bond donors (Lipinski definition) is 2. The molecule has 34 heavy (non-hydrogen) atoms. The van der Waals surface area contributed by atoms with Gasteiger partial charge in [0.2, 0.25) is 0 Å². The number of halogens is 1. The fourth-order valence-corrected chi connectivity index (χ4v) is 4.22. The smallest absolute Gasteiger partial charge is 0.313 e. The predicted octanol–water partition coefficient (Wildman–Crippen LogP) is 3.35. The number of nitrogens with zero attached hydrogens (tertiary/aromatic N) is 3. The number of amides is 2. The van der Waals surface area contributed by atoms with Crippen LogP contribution in [0.25, 0.3) is 0 Å². The highest BCUT2D eigenvalue weighted by atomic mass is 35.5. The number of carbonyl (C=O) groups excluding carboxylic acids is 2. The molecule has 2 N–H and O–H groups in total. The van der Waals surface area contributed by atoms with E-state index in [0.29, 0.717) is 17.3 Å². The van der Waals surface area contributed by atoms with Gasteiger partial charge >= 0.3 is 11.8 Å². The molecule has 1 saturated heterocycles. The van der Waals surface area contributed by atoms with Crippen LogP contribution in [0, 0.1) is 0 Å². The third kappa shape index (κ3) is 6.63. The van der Waals surface area contributed by atoms with Gasteiger partial charge < -0.3 is 10.6 Å². The molecule has 2 amide bonds. The van der Waals surface area contributed by atoms with Crippen molar-refractivity contribution in [1.82, 2.24) is 20.1 Å². The summed E-state index contributed by atoms with van der Waals surface area (Å²) in [5.74, 6) is -1.38. The highest BCUT2D eigenvalue weighted by molar-refractivity contribution is 6.39. The Balaban J connectivity index is 1.34. The van der Waals surface area contributed by atoms with Gasteiger partial charge in [-0.2, -0.15) is 0 Å². The molecule has 0 radical (unpaired) electrons. The Morgan fingerprint density at radius 2 is 1.65 bits per heavy atom. The van der Waals surface area contributed by atoms with E-state index < -0.39 is 11.8 Å². The number of pyridine rings is 1. The first-order chi connectivity index (χ1) is 16.6. The minimum Gasteiger partial charge on any atom is -0.346 e. The maximum atomic E-state index is 12.5. The molecule has 0 aliphatic carbocycles. The number of benzene rings is 2. The van der Waals surface area contributed by atoms with E-state index in [0.717, 1.165) is 38.3 Å². The fraction of sp³-hybridized carbons (Fsp3) is 0.269. The SMILES string of the molecule is O=C(NC[C@H](c1cccnc1)N1CCN(Cc2ccccc2)CC1)C(=O)Nc1ccc(Cl)cc1. The molecular formula is C26H28ClN5O2. The summed E-state index contributed by atoms with van der Waals surface area (Å²) in [6, 6.07) is 20.9. The minimum atomic E-state index is -0.708. The summed E-state index contributed by atoms with van der Waals surface area (Å²) >= 11 is 5.87. The summed E-state index contributed by atoms with van der Waals surface area (Å²) in [4.78, 5) is 33.9. The van der Waals surface area contributed by atoms with Crippen molar-refractivity contribution in [3.63, 3.8) is 0 Å². The Hall–Kier alpha value is -3.26. The molecule has 4 rings (SSSR count). The summed E-state index contributed by atoms with van der Waals surface area (Å²) < 4.78 is 0. The number of nitrogens with one attached hydrogen (secondary N) is 2. The first kappa shape index (κ1) is 23.9. The van der Waals surface area contributed by atoms with E-state index in [2.05, 4.69) is 49.7 Å². The summed E-state index contributed by atoms with van der Waals surface area (Å²) in [6.45, 7) is 4.82. The van der Waals surface area contributed by atoms with Crippen LogP contribution in [0.4, 0.5) is 5.69 Å². The van der Waals surface area contributed by atoms with Crippen molar-refractivity contribution < 1.29 is 9.59 Å². The molecule has 8 heteroatoms. The fourth-order valence-electron chi connectivity index (χ4n) is 4.10. The van der Waals surface area contributed by atoms with Crippen molar-refractivity contribution in [2.75, 3.05) is 38.0 Å². The molecular weight excluding hydrogens is 450 g/mol. The second-order valence-corrected chi connectivity index (χ2v) is 8.71. The number of anilines is 1. The van der Waals surface area contributed by atoms with Gasteiger partial charge in [-0.05, 0) is 41.5 Å². The Morgan fingerprint density at radius 1 is 0.912 bits per heavy atom. The van der Waals surface area contributed by atoms with Crippen LogP contribution in [-0.2, 0) is 16.1 Å². The van der Waals surface area contributed by atoms with Crippen LogP contribution in [0.15, 0.2) is 79.1 Å². The molecule has 0 spiro atoms. The zero-order valence-electron chi connectivity index (χ0n) is 18.9. The van der Waals surface area contributed by atoms with Gasteiger partial charge in [0.05, 0.1) is 6.04 Å². The lowest BCUT2D eigenvalue weighted by Gasteiger charge is -2.39. The van der Waals surface area contributed by atoms with Crippen LogP contribution in [0.1, 0.15) is 17.2 Å².